The van der Waals surface area contributed by atoms with Crippen LogP contribution in [0.2, 0.25) is 0 Å². The number of Topliss-reactive ketones (excluding diaryl/α,β-unsaturated/α-hetero) is 1. The highest BCUT2D eigenvalue weighted by atomic mass is 19.2. The molecule has 4 heteroatoms. The molecule has 0 spiro atoms. The summed E-state index contributed by atoms with van der Waals surface area (Å²) in [6.45, 7) is 0. The van der Waals surface area contributed by atoms with Gasteiger partial charge in [0.2, 0.25) is 0 Å². The van der Waals surface area contributed by atoms with Crippen LogP contribution in [-0.2, 0) is 17.6 Å². The van der Waals surface area contributed by atoms with Gasteiger partial charge in [-0.3, -0.25) is 4.79 Å². The van der Waals surface area contributed by atoms with Crippen LogP contribution in [0.1, 0.15) is 17.5 Å². The summed E-state index contributed by atoms with van der Waals surface area (Å²) in [6, 6.07) is 0.532. The number of hydrogen-bond acceptors (Lipinski definition) is 1. The van der Waals surface area contributed by atoms with E-state index in [0.717, 1.165) is 0 Å². The Balaban J connectivity index is 2.63. The minimum atomic E-state index is -1.23. The quantitative estimate of drug-likeness (QED) is 0.586. The smallest absolute Gasteiger partial charge is 0.162 e. The second-order valence-electron chi connectivity index (χ2n) is 3.33. The second-order valence-corrected chi connectivity index (χ2v) is 3.33. The SMILES string of the molecule is O=C1CCc2c(F)cc(F)c(F)c2C1. The van der Waals surface area contributed by atoms with Crippen molar-refractivity contribution in [3.05, 3.63) is 34.6 Å². The molecule has 0 N–H and O–H groups in total. The first kappa shape index (κ1) is 9.24. The Hall–Kier alpha value is -1.32. The van der Waals surface area contributed by atoms with Crippen LogP contribution in [0.15, 0.2) is 6.07 Å². The van der Waals surface area contributed by atoms with Gasteiger partial charge < -0.3 is 0 Å². The topological polar surface area (TPSA) is 17.1 Å². The number of fused-ring (bicyclic) bond motifs is 1. The number of halogens is 3. The van der Waals surface area contributed by atoms with Gasteiger partial charge in [-0.25, -0.2) is 13.2 Å². The molecule has 0 aromatic heterocycles. The van der Waals surface area contributed by atoms with Crippen molar-refractivity contribution in [1.82, 2.24) is 0 Å². The van der Waals surface area contributed by atoms with Gasteiger partial charge in [-0.2, -0.15) is 0 Å². The summed E-state index contributed by atoms with van der Waals surface area (Å²) < 4.78 is 39.0. The Labute approximate surface area is 78.5 Å². The summed E-state index contributed by atoms with van der Waals surface area (Å²) in [5.74, 6) is -3.25. The molecule has 1 nitrogen and oxygen atoms in total. The highest BCUT2D eigenvalue weighted by Gasteiger charge is 2.24. The largest absolute Gasteiger partial charge is 0.299 e. The van der Waals surface area contributed by atoms with Gasteiger partial charge in [-0.05, 0) is 12.0 Å². The molecule has 0 amide bonds. The van der Waals surface area contributed by atoms with Gasteiger partial charge in [0.1, 0.15) is 11.6 Å². The maximum absolute atomic E-state index is 13.1. The minimum Gasteiger partial charge on any atom is -0.299 e. The van der Waals surface area contributed by atoms with Crippen LogP contribution in [0.5, 0.6) is 0 Å². The molecule has 0 radical (unpaired) electrons. The van der Waals surface area contributed by atoms with Gasteiger partial charge in [-0.15, -0.1) is 0 Å². The van der Waals surface area contributed by atoms with Crippen LogP contribution in [0.25, 0.3) is 0 Å². The molecule has 0 bridgehead atoms. The molecular weight excluding hydrogens is 193 g/mol. The molecule has 2 rings (SSSR count). The van der Waals surface area contributed by atoms with E-state index in [0.29, 0.717) is 6.07 Å². The number of carbonyl (C=O) groups excluding carboxylic acids is 1. The lowest BCUT2D eigenvalue weighted by atomic mass is 9.90. The van der Waals surface area contributed by atoms with E-state index in [-0.39, 0.29) is 36.2 Å². The fourth-order valence-corrected chi connectivity index (χ4v) is 1.69. The predicted octanol–water partition coefficient (Wildman–Crippen LogP) is 2.16. The summed E-state index contributed by atoms with van der Waals surface area (Å²) in [4.78, 5) is 11.0. The monoisotopic (exact) mass is 200 g/mol. The maximum Gasteiger partial charge on any atom is 0.162 e. The van der Waals surface area contributed by atoms with Crippen molar-refractivity contribution in [2.75, 3.05) is 0 Å². The zero-order valence-electron chi connectivity index (χ0n) is 7.24. The van der Waals surface area contributed by atoms with E-state index in [2.05, 4.69) is 0 Å². The standard InChI is InChI=1S/C10H7F3O/c11-8-4-9(12)10(13)7-3-5(14)1-2-6(7)8/h4H,1-3H2. The maximum atomic E-state index is 13.1. The summed E-state index contributed by atoms with van der Waals surface area (Å²) in [7, 11) is 0. The van der Waals surface area contributed by atoms with Crippen molar-refractivity contribution in [2.24, 2.45) is 0 Å². The molecule has 0 atom stereocenters. The molecule has 14 heavy (non-hydrogen) atoms. The lowest BCUT2D eigenvalue weighted by Gasteiger charge is -2.16. The molecule has 0 saturated carbocycles. The van der Waals surface area contributed by atoms with E-state index < -0.39 is 17.5 Å². The molecule has 1 aliphatic rings. The van der Waals surface area contributed by atoms with Gasteiger partial charge in [0.05, 0.1) is 0 Å². The minimum absolute atomic E-state index is 0.112. The third kappa shape index (κ3) is 1.31. The van der Waals surface area contributed by atoms with Crippen molar-refractivity contribution in [2.45, 2.75) is 19.3 Å². The van der Waals surface area contributed by atoms with E-state index in [1.165, 1.54) is 0 Å². The van der Waals surface area contributed by atoms with Gasteiger partial charge in [0, 0.05) is 24.5 Å². The lowest BCUT2D eigenvalue weighted by Crippen LogP contribution is -2.17. The van der Waals surface area contributed by atoms with Gasteiger partial charge in [0.15, 0.2) is 11.6 Å². The molecular formula is C10H7F3O. The molecule has 0 unspecified atom stereocenters. The number of benzene rings is 1. The fourth-order valence-electron chi connectivity index (χ4n) is 1.69. The Morgan fingerprint density at radius 3 is 2.43 bits per heavy atom. The Kier molecular flexibility index (Phi) is 2.06. The van der Waals surface area contributed by atoms with Crippen LogP contribution < -0.4 is 0 Å². The highest BCUT2D eigenvalue weighted by Crippen LogP contribution is 2.26. The molecule has 0 fully saturated rings. The van der Waals surface area contributed by atoms with Crippen LogP contribution in [-0.4, -0.2) is 5.78 Å². The molecule has 0 aliphatic heterocycles. The van der Waals surface area contributed by atoms with Crippen LogP contribution in [0.3, 0.4) is 0 Å². The number of carbonyl (C=O) groups is 1. The van der Waals surface area contributed by atoms with E-state index in [4.69, 9.17) is 0 Å². The average Bonchev–Trinajstić information content (AvgIpc) is 2.14. The summed E-state index contributed by atoms with van der Waals surface area (Å²) in [5.41, 5.74) is 0.0299. The Bertz CT molecular complexity index is 412. The highest BCUT2D eigenvalue weighted by molar-refractivity contribution is 5.83. The summed E-state index contributed by atoms with van der Waals surface area (Å²) in [6.07, 6.45) is 0.169. The number of hydrogen-bond donors (Lipinski definition) is 0. The first-order valence-electron chi connectivity index (χ1n) is 4.26. The second kappa shape index (κ2) is 3.12. The van der Waals surface area contributed by atoms with Crippen molar-refractivity contribution in [3.8, 4) is 0 Å². The Morgan fingerprint density at radius 2 is 1.71 bits per heavy atom. The molecule has 1 aromatic carbocycles. The molecule has 0 saturated heterocycles. The normalized spacial score (nSPS) is 15.5. The van der Waals surface area contributed by atoms with Crippen LogP contribution >= 0.6 is 0 Å². The van der Waals surface area contributed by atoms with Crippen LogP contribution in [0, 0.1) is 17.5 Å². The van der Waals surface area contributed by atoms with Gasteiger partial charge >= 0.3 is 0 Å². The first-order valence-corrected chi connectivity index (χ1v) is 4.26. The summed E-state index contributed by atoms with van der Waals surface area (Å²) >= 11 is 0. The zero-order valence-corrected chi connectivity index (χ0v) is 7.24. The average molecular weight is 200 g/mol. The third-order valence-corrected chi connectivity index (χ3v) is 2.41. The molecule has 0 heterocycles. The van der Waals surface area contributed by atoms with E-state index in [9.17, 15) is 18.0 Å². The van der Waals surface area contributed by atoms with Crippen molar-refractivity contribution < 1.29 is 18.0 Å². The lowest BCUT2D eigenvalue weighted by molar-refractivity contribution is -0.118. The number of ketones is 1. The van der Waals surface area contributed by atoms with Crippen LogP contribution in [0.4, 0.5) is 13.2 Å². The van der Waals surface area contributed by atoms with Crippen molar-refractivity contribution in [1.29, 1.82) is 0 Å². The van der Waals surface area contributed by atoms with E-state index in [1.54, 1.807) is 0 Å². The fraction of sp³-hybridized carbons (Fsp3) is 0.300. The molecule has 1 aliphatic carbocycles. The van der Waals surface area contributed by atoms with Gasteiger partial charge in [-0.1, -0.05) is 0 Å². The third-order valence-electron chi connectivity index (χ3n) is 2.41. The van der Waals surface area contributed by atoms with Gasteiger partial charge in [0.25, 0.3) is 0 Å². The molecule has 1 aromatic rings. The Morgan fingerprint density at radius 1 is 1.00 bits per heavy atom. The summed E-state index contributed by atoms with van der Waals surface area (Å²) in [5, 5.41) is 0. The number of rotatable bonds is 0. The first-order chi connectivity index (χ1) is 6.59. The van der Waals surface area contributed by atoms with E-state index in [1.807, 2.05) is 0 Å². The van der Waals surface area contributed by atoms with Crippen molar-refractivity contribution in [3.63, 3.8) is 0 Å². The zero-order chi connectivity index (χ0) is 10.3. The predicted molar refractivity (Wildman–Crippen MR) is 43.3 cm³/mol. The van der Waals surface area contributed by atoms with Crippen molar-refractivity contribution >= 4 is 5.78 Å². The van der Waals surface area contributed by atoms with E-state index >= 15 is 0 Å². The molecule has 74 valence electrons.